The van der Waals surface area contributed by atoms with Gasteiger partial charge < -0.3 is 16.0 Å². The molecule has 0 bridgehead atoms. The number of nitrogens with one attached hydrogen (secondary N) is 2. The van der Waals surface area contributed by atoms with Crippen LogP contribution in [-0.2, 0) is 13.1 Å². The molecule has 0 atom stereocenters. The number of aromatic amines is 1. The molecule has 0 spiro atoms. The highest BCUT2D eigenvalue weighted by Crippen LogP contribution is 2.29. The molecular weight excluding hydrogens is 224 g/mol. The predicted molar refractivity (Wildman–Crippen MR) is 75.1 cm³/mol. The molecule has 1 aliphatic rings. The summed E-state index contributed by atoms with van der Waals surface area (Å²) in [5, 5.41) is 3.37. The van der Waals surface area contributed by atoms with Gasteiger partial charge in [0.2, 0.25) is 0 Å². The molecule has 0 radical (unpaired) electrons. The first kappa shape index (κ1) is 12.6. The number of anilines is 1. The highest BCUT2D eigenvalue weighted by Gasteiger charge is 2.17. The van der Waals surface area contributed by atoms with E-state index in [1.165, 1.54) is 16.7 Å². The van der Waals surface area contributed by atoms with E-state index < -0.39 is 0 Å². The average Bonchev–Trinajstić information content (AvgIpc) is 2.65. The van der Waals surface area contributed by atoms with Gasteiger partial charge in [-0.3, -0.25) is 0 Å². The third kappa shape index (κ3) is 2.24. The van der Waals surface area contributed by atoms with E-state index in [9.17, 15) is 0 Å². The lowest BCUT2D eigenvalue weighted by molar-refractivity contribution is 0.692. The molecule has 18 heavy (non-hydrogen) atoms. The minimum atomic E-state index is 0.486. The van der Waals surface area contributed by atoms with E-state index in [1.807, 2.05) is 13.8 Å². The quantitative estimate of drug-likeness (QED) is 0.667. The number of aryl methyl sites for hydroxylation is 1. The zero-order chi connectivity index (χ0) is 13.1. The molecule has 3 rings (SSSR count). The Morgan fingerprint density at radius 3 is 2.78 bits per heavy atom. The molecule has 2 aromatic rings. The van der Waals surface area contributed by atoms with E-state index >= 15 is 0 Å². The van der Waals surface area contributed by atoms with Gasteiger partial charge in [-0.25, -0.2) is 4.98 Å². The van der Waals surface area contributed by atoms with Crippen molar-refractivity contribution in [3.63, 3.8) is 0 Å². The highest BCUT2D eigenvalue weighted by molar-refractivity contribution is 5.68. The summed E-state index contributed by atoms with van der Waals surface area (Å²) >= 11 is 0. The van der Waals surface area contributed by atoms with E-state index in [1.54, 1.807) is 0 Å². The fraction of sp³-hybridized carbons (Fsp3) is 0.357. The van der Waals surface area contributed by atoms with Crippen molar-refractivity contribution in [2.75, 3.05) is 5.73 Å². The van der Waals surface area contributed by atoms with Crippen LogP contribution >= 0.6 is 0 Å². The summed E-state index contributed by atoms with van der Waals surface area (Å²) in [6.45, 7) is 7.76. The van der Waals surface area contributed by atoms with Gasteiger partial charge in [0, 0.05) is 18.7 Å². The molecular formula is C14H20N4. The molecule has 0 saturated carbocycles. The Balaban J connectivity index is 0.000000574. The molecule has 1 aromatic heterocycles. The number of fused-ring (bicyclic) bond motifs is 3. The Labute approximate surface area is 108 Å². The summed E-state index contributed by atoms with van der Waals surface area (Å²) in [6.07, 6.45) is 0. The van der Waals surface area contributed by atoms with Crippen molar-refractivity contribution in [2.24, 2.45) is 0 Å². The van der Waals surface area contributed by atoms with Gasteiger partial charge in [0.25, 0.3) is 0 Å². The van der Waals surface area contributed by atoms with E-state index in [-0.39, 0.29) is 0 Å². The van der Waals surface area contributed by atoms with Gasteiger partial charge in [-0.15, -0.1) is 0 Å². The second kappa shape index (κ2) is 5.23. The van der Waals surface area contributed by atoms with Crippen LogP contribution in [0.5, 0.6) is 0 Å². The maximum atomic E-state index is 5.70. The number of nitrogens with zero attached hydrogens (tertiary/aromatic N) is 1. The maximum absolute atomic E-state index is 5.70. The van der Waals surface area contributed by atoms with Crippen LogP contribution in [0.2, 0.25) is 0 Å². The normalized spacial score (nSPS) is 12.8. The van der Waals surface area contributed by atoms with Crippen LogP contribution in [0, 0.1) is 6.92 Å². The van der Waals surface area contributed by atoms with Gasteiger partial charge in [0.05, 0.1) is 11.4 Å². The molecule has 4 nitrogen and oxygen atoms in total. The lowest BCUT2D eigenvalue weighted by Gasteiger charge is -2.05. The second-order valence-electron chi connectivity index (χ2n) is 4.21. The molecule has 0 saturated heterocycles. The standard InChI is InChI=1S/C12H14N4.C2H6/c1-7-2-3-9-8(4-7)5-14-6-10-11(9)16-12(13)15-10;1-2/h2-4,14H,5-6H2,1H3,(H3,13,15,16);1-2H3. The number of nitrogens with two attached hydrogens (primary N) is 1. The van der Waals surface area contributed by atoms with Crippen LogP contribution in [0.3, 0.4) is 0 Å². The van der Waals surface area contributed by atoms with E-state index in [0.29, 0.717) is 5.95 Å². The van der Waals surface area contributed by atoms with Crippen molar-refractivity contribution in [3.05, 3.63) is 35.0 Å². The average molecular weight is 244 g/mol. The molecule has 0 fully saturated rings. The summed E-state index contributed by atoms with van der Waals surface area (Å²) < 4.78 is 0. The predicted octanol–water partition coefficient (Wildman–Crippen LogP) is 2.60. The zero-order valence-electron chi connectivity index (χ0n) is 11.2. The number of H-pyrrole nitrogens is 1. The van der Waals surface area contributed by atoms with Gasteiger partial charge in [0.1, 0.15) is 0 Å². The summed E-state index contributed by atoms with van der Waals surface area (Å²) in [5.41, 5.74) is 11.5. The largest absolute Gasteiger partial charge is 0.369 e. The Morgan fingerprint density at radius 1 is 1.22 bits per heavy atom. The van der Waals surface area contributed by atoms with Crippen LogP contribution in [-0.4, -0.2) is 9.97 Å². The molecule has 1 aliphatic heterocycles. The smallest absolute Gasteiger partial charge is 0.198 e. The molecule has 1 aromatic carbocycles. The summed E-state index contributed by atoms with van der Waals surface area (Å²) in [6, 6.07) is 6.43. The van der Waals surface area contributed by atoms with Gasteiger partial charge in [-0.05, 0) is 12.5 Å². The van der Waals surface area contributed by atoms with Crippen molar-refractivity contribution in [1.29, 1.82) is 0 Å². The third-order valence-corrected chi connectivity index (χ3v) is 2.93. The fourth-order valence-electron chi connectivity index (χ4n) is 2.20. The van der Waals surface area contributed by atoms with Crippen LogP contribution in [0.4, 0.5) is 5.95 Å². The zero-order valence-corrected chi connectivity index (χ0v) is 11.2. The van der Waals surface area contributed by atoms with Crippen molar-refractivity contribution >= 4 is 5.95 Å². The number of hydrogen-bond donors (Lipinski definition) is 3. The Kier molecular flexibility index (Phi) is 3.67. The Bertz CT molecular complexity index is 543. The molecule has 0 unspecified atom stereocenters. The second-order valence-corrected chi connectivity index (χ2v) is 4.21. The van der Waals surface area contributed by atoms with Gasteiger partial charge in [-0.1, -0.05) is 37.6 Å². The van der Waals surface area contributed by atoms with Crippen molar-refractivity contribution < 1.29 is 0 Å². The molecule has 0 aliphatic carbocycles. The van der Waals surface area contributed by atoms with Crippen molar-refractivity contribution in [3.8, 4) is 11.3 Å². The monoisotopic (exact) mass is 244 g/mol. The molecule has 4 N–H and O–H groups in total. The number of benzene rings is 1. The first-order valence-electron chi connectivity index (χ1n) is 6.39. The van der Waals surface area contributed by atoms with Gasteiger partial charge in [0.15, 0.2) is 5.95 Å². The van der Waals surface area contributed by atoms with Gasteiger partial charge >= 0.3 is 0 Å². The number of imidazole rings is 1. The van der Waals surface area contributed by atoms with E-state index in [2.05, 4.69) is 40.4 Å². The number of nitrogen functional groups attached to an aromatic ring is 1. The lowest BCUT2D eigenvalue weighted by Crippen LogP contribution is -2.11. The Hall–Kier alpha value is -1.81. The Morgan fingerprint density at radius 2 is 2.00 bits per heavy atom. The van der Waals surface area contributed by atoms with Crippen LogP contribution < -0.4 is 11.1 Å². The number of aromatic nitrogens is 2. The first-order chi connectivity index (χ1) is 8.74. The van der Waals surface area contributed by atoms with E-state index in [4.69, 9.17) is 5.73 Å². The van der Waals surface area contributed by atoms with Crippen molar-refractivity contribution in [2.45, 2.75) is 33.9 Å². The molecule has 2 heterocycles. The molecule has 96 valence electrons. The SMILES string of the molecule is CC.Cc1ccc2c(c1)CNCc1[nH]c(N)nc1-2. The van der Waals surface area contributed by atoms with E-state index in [0.717, 1.165) is 24.5 Å². The number of rotatable bonds is 0. The minimum Gasteiger partial charge on any atom is -0.369 e. The number of hydrogen-bond acceptors (Lipinski definition) is 3. The van der Waals surface area contributed by atoms with Crippen molar-refractivity contribution in [1.82, 2.24) is 15.3 Å². The van der Waals surface area contributed by atoms with Crippen LogP contribution in [0.25, 0.3) is 11.3 Å². The summed E-state index contributed by atoms with van der Waals surface area (Å²) in [7, 11) is 0. The van der Waals surface area contributed by atoms with Crippen LogP contribution in [0.1, 0.15) is 30.7 Å². The summed E-state index contributed by atoms with van der Waals surface area (Å²) in [5.74, 6) is 0.486. The minimum absolute atomic E-state index is 0.486. The highest BCUT2D eigenvalue weighted by atomic mass is 15.1. The molecule has 0 amide bonds. The molecule has 4 heteroatoms. The summed E-state index contributed by atoms with van der Waals surface area (Å²) in [4.78, 5) is 7.46. The first-order valence-corrected chi connectivity index (χ1v) is 6.39. The topological polar surface area (TPSA) is 66.7 Å². The fourth-order valence-corrected chi connectivity index (χ4v) is 2.20. The lowest BCUT2D eigenvalue weighted by atomic mass is 10.0. The maximum Gasteiger partial charge on any atom is 0.198 e. The third-order valence-electron chi connectivity index (χ3n) is 2.93. The van der Waals surface area contributed by atoms with Crippen LogP contribution in [0.15, 0.2) is 18.2 Å². The van der Waals surface area contributed by atoms with Gasteiger partial charge in [-0.2, -0.15) is 0 Å².